The Hall–Kier alpha value is -0.890. The summed E-state index contributed by atoms with van der Waals surface area (Å²) in [4.78, 5) is 4.43. The third-order valence-electron chi connectivity index (χ3n) is 2.10. The summed E-state index contributed by atoms with van der Waals surface area (Å²) < 4.78 is 5.02. The molecule has 0 unspecified atom stereocenters. The molecule has 0 spiro atoms. The predicted molar refractivity (Wildman–Crippen MR) is 67.2 cm³/mol. The van der Waals surface area contributed by atoms with E-state index in [1.165, 1.54) is 0 Å². The number of hydrogen-bond donors (Lipinski definition) is 1. The molecule has 88 valence electrons. The SMILES string of the molecule is C#CCCCCNCc1csc(COC)n1. The van der Waals surface area contributed by atoms with Gasteiger partial charge in [-0.05, 0) is 19.4 Å². The highest BCUT2D eigenvalue weighted by atomic mass is 32.1. The van der Waals surface area contributed by atoms with Crippen molar-refractivity contribution in [3.63, 3.8) is 0 Å². The molecule has 0 bridgehead atoms. The second kappa shape index (κ2) is 8.28. The van der Waals surface area contributed by atoms with Gasteiger partial charge in [0.05, 0.1) is 12.3 Å². The molecule has 0 aliphatic carbocycles. The van der Waals surface area contributed by atoms with E-state index in [1.807, 2.05) is 0 Å². The van der Waals surface area contributed by atoms with Gasteiger partial charge in [-0.2, -0.15) is 0 Å². The maximum atomic E-state index is 5.17. The molecule has 16 heavy (non-hydrogen) atoms. The summed E-state index contributed by atoms with van der Waals surface area (Å²) in [5.41, 5.74) is 1.09. The van der Waals surface area contributed by atoms with Gasteiger partial charge in [0.2, 0.25) is 0 Å². The van der Waals surface area contributed by atoms with Gasteiger partial charge in [0.1, 0.15) is 5.01 Å². The van der Waals surface area contributed by atoms with Crippen molar-refractivity contribution in [2.75, 3.05) is 13.7 Å². The zero-order chi connectivity index (χ0) is 11.6. The fraction of sp³-hybridized carbons (Fsp3) is 0.583. The van der Waals surface area contributed by atoms with Crippen LogP contribution < -0.4 is 5.32 Å². The number of unbranched alkanes of at least 4 members (excludes halogenated alkanes) is 2. The van der Waals surface area contributed by atoms with E-state index in [1.54, 1.807) is 18.4 Å². The highest BCUT2D eigenvalue weighted by Crippen LogP contribution is 2.10. The van der Waals surface area contributed by atoms with E-state index in [2.05, 4.69) is 21.6 Å². The van der Waals surface area contributed by atoms with Crippen molar-refractivity contribution >= 4 is 11.3 Å². The first kappa shape index (κ1) is 13.2. The van der Waals surface area contributed by atoms with E-state index >= 15 is 0 Å². The number of aromatic nitrogens is 1. The Morgan fingerprint density at radius 3 is 3.19 bits per heavy atom. The predicted octanol–water partition coefficient (Wildman–Crippen LogP) is 2.18. The highest BCUT2D eigenvalue weighted by Gasteiger charge is 2.00. The third-order valence-corrected chi connectivity index (χ3v) is 2.97. The van der Waals surface area contributed by atoms with Gasteiger partial charge in [-0.25, -0.2) is 4.98 Å². The number of nitrogens with zero attached hydrogens (tertiary/aromatic N) is 1. The lowest BCUT2D eigenvalue weighted by Crippen LogP contribution is -2.14. The fourth-order valence-electron chi connectivity index (χ4n) is 1.31. The summed E-state index contributed by atoms with van der Waals surface area (Å²) in [5.74, 6) is 2.64. The minimum atomic E-state index is 0.604. The largest absolute Gasteiger partial charge is 0.378 e. The number of methoxy groups -OCH3 is 1. The molecule has 0 amide bonds. The van der Waals surface area contributed by atoms with Gasteiger partial charge in [0, 0.05) is 25.5 Å². The lowest BCUT2D eigenvalue weighted by molar-refractivity contribution is 0.184. The van der Waals surface area contributed by atoms with Crippen molar-refractivity contribution in [2.45, 2.75) is 32.4 Å². The van der Waals surface area contributed by atoms with Crippen molar-refractivity contribution in [1.82, 2.24) is 10.3 Å². The molecule has 0 saturated carbocycles. The van der Waals surface area contributed by atoms with Gasteiger partial charge in [0.15, 0.2) is 0 Å². The zero-order valence-electron chi connectivity index (χ0n) is 9.66. The van der Waals surface area contributed by atoms with Crippen LogP contribution in [0.2, 0.25) is 0 Å². The Morgan fingerprint density at radius 1 is 1.56 bits per heavy atom. The lowest BCUT2D eigenvalue weighted by Gasteiger charge is -2.00. The Bertz CT molecular complexity index is 330. The quantitative estimate of drug-likeness (QED) is 0.557. The number of nitrogens with one attached hydrogen (secondary N) is 1. The summed E-state index contributed by atoms with van der Waals surface area (Å²) >= 11 is 1.64. The second-order valence-corrected chi connectivity index (χ2v) is 4.45. The van der Waals surface area contributed by atoms with Gasteiger partial charge in [-0.15, -0.1) is 23.7 Å². The van der Waals surface area contributed by atoms with Crippen LogP contribution in [-0.2, 0) is 17.9 Å². The Balaban J connectivity index is 2.10. The van der Waals surface area contributed by atoms with E-state index < -0.39 is 0 Å². The molecule has 1 aromatic heterocycles. The standard InChI is InChI=1S/C12H18N2OS/c1-3-4-5-6-7-13-8-11-10-16-12(14-11)9-15-2/h1,10,13H,4-9H2,2H3. The maximum absolute atomic E-state index is 5.17. The first-order valence-corrected chi connectivity index (χ1v) is 6.31. The molecule has 0 radical (unpaired) electrons. The number of thiazole rings is 1. The summed E-state index contributed by atoms with van der Waals surface area (Å²) in [5, 5.41) is 6.46. The molecular formula is C12H18N2OS. The van der Waals surface area contributed by atoms with Crippen LogP contribution >= 0.6 is 11.3 Å². The molecule has 0 aliphatic heterocycles. The van der Waals surface area contributed by atoms with Crippen LogP contribution in [0.3, 0.4) is 0 Å². The van der Waals surface area contributed by atoms with Crippen LogP contribution in [0.25, 0.3) is 0 Å². The van der Waals surface area contributed by atoms with E-state index in [9.17, 15) is 0 Å². The van der Waals surface area contributed by atoms with Crippen molar-refractivity contribution in [3.8, 4) is 12.3 Å². The first-order chi connectivity index (χ1) is 7.86. The Labute approximate surface area is 101 Å². The van der Waals surface area contributed by atoms with Gasteiger partial charge in [0.25, 0.3) is 0 Å². The van der Waals surface area contributed by atoms with Crippen molar-refractivity contribution in [1.29, 1.82) is 0 Å². The molecule has 0 aliphatic rings. The molecule has 1 N–H and O–H groups in total. The molecule has 0 fully saturated rings. The molecule has 1 rings (SSSR count). The van der Waals surface area contributed by atoms with Gasteiger partial charge in [-0.1, -0.05) is 0 Å². The van der Waals surface area contributed by atoms with Crippen molar-refractivity contribution in [2.24, 2.45) is 0 Å². The smallest absolute Gasteiger partial charge is 0.119 e. The van der Waals surface area contributed by atoms with Crippen LogP contribution in [-0.4, -0.2) is 18.6 Å². The molecule has 3 nitrogen and oxygen atoms in total. The molecule has 0 aromatic carbocycles. The molecule has 1 aromatic rings. The normalized spacial score (nSPS) is 10.2. The van der Waals surface area contributed by atoms with E-state index in [4.69, 9.17) is 11.2 Å². The molecule has 4 heteroatoms. The minimum absolute atomic E-state index is 0.604. The maximum Gasteiger partial charge on any atom is 0.119 e. The third kappa shape index (κ3) is 5.26. The number of hydrogen-bond acceptors (Lipinski definition) is 4. The minimum Gasteiger partial charge on any atom is -0.378 e. The highest BCUT2D eigenvalue weighted by molar-refractivity contribution is 7.09. The summed E-state index contributed by atoms with van der Waals surface area (Å²) in [6.07, 6.45) is 8.26. The van der Waals surface area contributed by atoms with E-state index in [0.29, 0.717) is 6.61 Å². The summed E-state index contributed by atoms with van der Waals surface area (Å²) in [7, 11) is 1.69. The first-order valence-electron chi connectivity index (χ1n) is 5.43. The average Bonchev–Trinajstić information content (AvgIpc) is 2.72. The molecule has 0 saturated heterocycles. The Kier molecular flexibility index (Phi) is 6.82. The Morgan fingerprint density at radius 2 is 2.44 bits per heavy atom. The number of terminal acetylenes is 1. The summed E-state index contributed by atoms with van der Waals surface area (Å²) in [6, 6.07) is 0. The fourth-order valence-corrected chi connectivity index (χ4v) is 2.08. The number of rotatable bonds is 8. The van der Waals surface area contributed by atoms with E-state index in [0.717, 1.165) is 43.1 Å². The summed E-state index contributed by atoms with van der Waals surface area (Å²) in [6.45, 7) is 2.43. The van der Waals surface area contributed by atoms with Gasteiger partial charge < -0.3 is 10.1 Å². The van der Waals surface area contributed by atoms with Crippen molar-refractivity contribution in [3.05, 3.63) is 16.1 Å². The van der Waals surface area contributed by atoms with Crippen LogP contribution in [0.1, 0.15) is 30.0 Å². The van der Waals surface area contributed by atoms with E-state index in [-0.39, 0.29) is 0 Å². The second-order valence-electron chi connectivity index (χ2n) is 3.50. The lowest BCUT2D eigenvalue weighted by atomic mass is 10.2. The van der Waals surface area contributed by atoms with Crippen LogP contribution in [0.15, 0.2) is 5.38 Å². The van der Waals surface area contributed by atoms with Crippen LogP contribution in [0.4, 0.5) is 0 Å². The van der Waals surface area contributed by atoms with Crippen LogP contribution in [0, 0.1) is 12.3 Å². The zero-order valence-corrected chi connectivity index (χ0v) is 10.5. The van der Waals surface area contributed by atoms with Crippen molar-refractivity contribution < 1.29 is 4.74 Å². The topological polar surface area (TPSA) is 34.1 Å². The molecule has 1 heterocycles. The molecular weight excluding hydrogens is 220 g/mol. The molecule has 0 atom stereocenters. The van der Waals surface area contributed by atoms with Crippen LogP contribution in [0.5, 0.6) is 0 Å². The monoisotopic (exact) mass is 238 g/mol. The average molecular weight is 238 g/mol. The number of ether oxygens (including phenoxy) is 1. The van der Waals surface area contributed by atoms with Gasteiger partial charge in [-0.3, -0.25) is 0 Å². The van der Waals surface area contributed by atoms with Gasteiger partial charge >= 0.3 is 0 Å².